The van der Waals surface area contributed by atoms with Crippen molar-refractivity contribution in [3.8, 4) is 11.5 Å². The number of thiophene rings is 1. The van der Waals surface area contributed by atoms with Crippen LogP contribution in [-0.4, -0.2) is 18.4 Å². The Morgan fingerprint density at radius 1 is 1.08 bits per heavy atom. The zero-order valence-corrected chi connectivity index (χ0v) is 12.7. The fourth-order valence-corrected chi connectivity index (χ4v) is 2.30. The lowest BCUT2D eigenvalue weighted by atomic mass is 10.1. The van der Waals surface area contributed by atoms with Gasteiger partial charge in [-0.05, 0) is 29.6 Å². The molecule has 0 aliphatic rings. The molecule has 11 heteroatoms. The molecule has 4 nitrogen and oxygen atoms in total. The molecule has 0 bridgehead atoms. The molecule has 0 unspecified atom stereocenters. The fraction of sp³-hybridized carbons (Fsp3) is 0.143. The molecular weight excluding hydrogens is 376 g/mol. The van der Waals surface area contributed by atoms with Gasteiger partial charge < -0.3 is 10.1 Å². The number of carbonyl (C=O) groups excluding carboxylic acids is 2. The molecule has 0 aliphatic heterocycles. The van der Waals surface area contributed by atoms with Crippen LogP contribution in [0.1, 0.15) is 15.2 Å². The van der Waals surface area contributed by atoms with Crippen molar-refractivity contribution in [1.82, 2.24) is 0 Å². The highest BCUT2D eigenvalue weighted by Gasteiger charge is 2.40. The standard InChI is InChI=1S/C14H7F6NO3S/c15-13(16,17)7-1-2-9(24-10-3-4-25-11(10)6-22)8(5-7)21-12(23)14(18,19)20/h1-6H,(H,21,23). The van der Waals surface area contributed by atoms with Gasteiger partial charge in [-0.15, -0.1) is 11.3 Å². The molecule has 2 aromatic rings. The van der Waals surface area contributed by atoms with Gasteiger partial charge in [-0.2, -0.15) is 26.3 Å². The number of rotatable bonds is 4. The van der Waals surface area contributed by atoms with Gasteiger partial charge >= 0.3 is 18.3 Å². The first-order valence-electron chi connectivity index (χ1n) is 6.32. The Bertz CT molecular complexity index is 797. The maximum atomic E-state index is 12.7. The topological polar surface area (TPSA) is 55.4 Å². The van der Waals surface area contributed by atoms with Gasteiger partial charge in [-0.3, -0.25) is 9.59 Å². The van der Waals surface area contributed by atoms with E-state index in [9.17, 15) is 35.9 Å². The van der Waals surface area contributed by atoms with Crippen LogP contribution < -0.4 is 10.1 Å². The lowest BCUT2D eigenvalue weighted by molar-refractivity contribution is -0.167. The minimum absolute atomic E-state index is 0.0673. The molecule has 1 aromatic carbocycles. The second-order valence-corrected chi connectivity index (χ2v) is 5.48. The van der Waals surface area contributed by atoms with Gasteiger partial charge in [0.15, 0.2) is 12.0 Å². The molecule has 2 rings (SSSR count). The molecule has 1 amide bonds. The van der Waals surface area contributed by atoms with Crippen LogP contribution in [-0.2, 0) is 11.0 Å². The van der Waals surface area contributed by atoms with E-state index in [4.69, 9.17) is 4.74 Å². The molecule has 1 N–H and O–H groups in total. The highest BCUT2D eigenvalue weighted by molar-refractivity contribution is 7.12. The number of hydrogen-bond acceptors (Lipinski definition) is 4. The maximum absolute atomic E-state index is 12.7. The third kappa shape index (κ3) is 4.50. The molecule has 0 spiro atoms. The van der Waals surface area contributed by atoms with Crippen molar-refractivity contribution in [3.63, 3.8) is 0 Å². The van der Waals surface area contributed by atoms with Gasteiger partial charge in [0.25, 0.3) is 0 Å². The number of alkyl halides is 6. The average Bonchev–Trinajstić information content (AvgIpc) is 2.94. The number of aldehydes is 1. The summed E-state index contributed by atoms with van der Waals surface area (Å²) in [6.45, 7) is 0. The molecule has 0 saturated carbocycles. The first-order valence-corrected chi connectivity index (χ1v) is 7.20. The minimum Gasteiger partial charge on any atom is -0.454 e. The van der Waals surface area contributed by atoms with Gasteiger partial charge in [-0.25, -0.2) is 0 Å². The van der Waals surface area contributed by atoms with Crippen molar-refractivity contribution in [2.24, 2.45) is 0 Å². The molecule has 1 aromatic heterocycles. The number of nitrogens with one attached hydrogen (secondary N) is 1. The Morgan fingerprint density at radius 3 is 2.32 bits per heavy atom. The summed E-state index contributed by atoms with van der Waals surface area (Å²) in [5, 5.41) is 2.78. The number of hydrogen-bond donors (Lipinski definition) is 1. The van der Waals surface area contributed by atoms with Gasteiger partial charge in [0.1, 0.15) is 10.6 Å². The van der Waals surface area contributed by atoms with Crippen LogP contribution in [0, 0.1) is 0 Å². The van der Waals surface area contributed by atoms with Gasteiger partial charge in [-0.1, -0.05) is 0 Å². The molecule has 0 atom stereocenters. The van der Waals surface area contributed by atoms with Crippen LogP contribution in [0.4, 0.5) is 32.0 Å². The summed E-state index contributed by atoms with van der Waals surface area (Å²) in [7, 11) is 0. The van der Waals surface area contributed by atoms with Crippen molar-refractivity contribution >= 4 is 29.2 Å². The first-order chi connectivity index (χ1) is 11.5. The molecule has 1 heterocycles. The molecule has 134 valence electrons. The Morgan fingerprint density at radius 2 is 1.76 bits per heavy atom. The summed E-state index contributed by atoms with van der Waals surface area (Å²) in [5.41, 5.74) is -2.11. The van der Waals surface area contributed by atoms with E-state index >= 15 is 0 Å². The number of amides is 1. The van der Waals surface area contributed by atoms with Crippen LogP contribution in [0.2, 0.25) is 0 Å². The summed E-state index contributed by atoms with van der Waals surface area (Å²) in [4.78, 5) is 21.9. The second-order valence-electron chi connectivity index (χ2n) is 4.53. The van der Waals surface area contributed by atoms with Crippen LogP contribution in [0.15, 0.2) is 29.6 Å². The zero-order valence-electron chi connectivity index (χ0n) is 11.9. The number of halogens is 6. The quantitative estimate of drug-likeness (QED) is 0.605. The second kappa shape index (κ2) is 6.75. The predicted molar refractivity (Wildman–Crippen MR) is 75.9 cm³/mol. The van der Waals surface area contributed by atoms with E-state index in [1.165, 1.54) is 16.8 Å². The molecule has 0 fully saturated rings. The predicted octanol–water partition coefficient (Wildman–Crippen LogP) is 4.87. The maximum Gasteiger partial charge on any atom is 0.471 e. The number of benzene rings is 1. The van der Waals surface area contributed by atoms with E-state index in [1.807, 2.05) is 0 Å². The molecule has 25 heavy (non-hydrogen) atoms. The van der Waals surface area contributed by atoms with Gasteiger partial charge in [0, 0.05) is 0 Å². The molecular formula is C14H7F6NO3S. The smallest absolute Gasteiger partial charge is 0.454 e. The Hall–Kier alpha value is -2.56. The highest BCUT2D eigenvalue weighted by Crippen LogP contribution is 2.38. The van der Waals surface area contributed by atoms with Crippen LogP contribution >= 0.6 is 11.3 Å². The lowest BCUT2D eigenvalue weighted by Gasteiger charge is -2.15. The van der Waals surface area contributed by atoms with Gasteiger partial charge in [0.2, 0.25) is 0 Å². The zero-order chi connectivity index (χ0) is 18.8. The Kier molecular flexibility index (Phi) is 5.07. The fourth-order valence-electron chi connectivity index (χ4n) is 1.68. The van der Waals surface area contributed by atoms with E-state index in [1.54, 1.807) is 0 Å². The lowest BCUT2D eigenvalue weighted by Crippen LogP contribution is -2.30. The highest BCUT2D eigenvalue weighted by atomic mass is 32.1. The summed E-state index contributed by atoms with van der Waals surface area (Å²) in [5.74, 6) is -3.01. The number of ether oxygens (including phenoxy) is 1. The largest absolute Gasteiger partial charge is 0.471 e. The summed E-state index contributed by atoms with van der Waals surface area (Å²) in [6.07, 6.45) is -9.73. The monoisotopic (exact) mass is 383 g/mol. The first kappa shape index (κ1) is 18.8. The van der Waals surface area contributed by atoms with Crippen molar-refractivity contribution in [2.45, 2.75) is 12.4 Å². The third-order valence-electron chi connectivity index (χ3n) is 2.80. The van der Waals surface area contributed by atoms with Crippen molar-refractivity contribution in [3.05, 3.63) is 40.1 Å². The van der Waals surface area contributed by atoms with E-state index in [0.29, 0.717) is 18.4 Å². The summed E-state index contributed by atoms with van der Waals surface area (Å²) < 4.78 is 80.6. The van der Waals surface area contributed by atoms with E-state index in [2.05, 4.69) is 0 Å². The minimum atomic E-state index is -5.30. The summed E-state index contributed by atoms with van der Waals surface area (Å²) in [6, 6.07) is 2.94. The molecule has 0 radical (unpaired) electrons. The van der Waals surface area contributed by atoms with Gasteiger partial charge in [0.05, 0.1) is 11.3 Å². The van der Waals surface area contributed by atoms with Crippen molar-refractivity contribution in [2.75, 3.05) is 5.32 Å². The number of carbonyl (C=O) groups is 2. The van der Waals surface area contributed by atoms with E-state index in [0.717, 1.165) is 17.4 Å². The van der Waals surface area contributed by atoms with E-state index in [-0.39, 0.29) is 10.6 Å². The average molecular weight is 383 g/mol. The molecule has 0 aliphatic carbocycles. The normalized spacial score (nSPS) is 11.9. The number of anilines is 1. The van der Waals surface area contributed by atoms with Crippen molar-refractivity contribution < 1.29 is 40.7 Å². The van der Waals surface area contributed by atoms with E-state index < -0.39 is 35.3 Å². The van der Waals surface area contributed by atoms with Crippen LogP contribution in [0.25, 0.3) is 0 Å². The van der Waals surface area contributed by atoms with Crippen LogP contribution in [0.5, 0.6) is 11.5 Å². The third-order valence-corrected chi connectivity index (χ3v) is 3.62. The van der Waals surface area contributed by atoms with Crippen LogP contribution in [0.3, 0.4) is 0 Å². The molecule has 0 saturated heterocycles. The SMILES string of the molecule is O=Cc1sccc1Oc1ccc(C(F)(F)F)cc1NC(=O)C(F)(F)F. The summed E-state index contributed by atoms with van der Waals surface area (Å²) >= 11 is 0.960. The van der Waals surface area contributed by atoms with Crippen molar-refractivity contribution in [1.29, 1.82) is 0 Å². The Balaban J connectivity index is 2.44. The Labute approximate surface area is 140 Å².